The Morgan fingerprint density at radius 2 is 1.92 bits per heavy atom. The molecule has 6 rings (SSSR count). The summed E-state index contributed by atoms with van der Waals surface area (Å²) in [5, 5.41) is 13.9. The van der Waals surface area contributed by atoms with Gasteiger partial charge in [-0.25, -0.2) is 9.78 Å². The minimum atomic E-state index is -0.990. The van der Waals surface area contributed by atoms with E-state index < -0.39 is 5.97 Å². The van der Waals surface area contributed by atoms with E-state index >= 15 is 0 Å². The minimum absolute atomic E-state index is 0.184. The number of aromatic carboxylic acids is 1. The van der Waals surface area contributed by atoms with Crippen LogP contribution in [-0.2, 0) is 0 Å². The molecule has 2 aromatic heterocycles. The van der Waals surface area contributed by atoms with Gasteiger partial charge in [0.1, 0.15) is 23.0 Å². The number of carboxylic acids is 1. The number of ether oxygens (including phenoxy) is 1. The van der Waals surface area contributed by atoms with Crippen LogP contribution in [0.25, 0.3) is 28.5 Å². The molecular weight excluding hydrogens is 478 g/mol. The molecule has 1 saturated heterocycles. The summed E-state index contributed by atoms with van der Waals surface area (Å²) in [5.74, 6) is 2.33. The number of carboxylic acid groups (broad SMARTS) is 1. The van der Waals surface area contributed by atoms with Gasteiger partial charge >= 0.3 is 5.97 Å². The van der Waals surface area contributed by atoms with Gasteiger partial charge in [-0.15, -0.1) is 0 Å². The maximum atomic E-state index is 11.5. The van der Waals surface area contributed by atoms with Gasteiger partial charge in [0.25, 0.3) is 0 Å². The van der Waals surface area contributed by atoms with Gasteiger partial charge in [0.05, 0.1) is 12.7 Å². The molecule has 2 aliphatic rings. The lowest BCUT2D eigenvalue weighted by Crippen LogP contribution is -2.46. The van der Waals surface area contributed by atoms with Crippen LogP contribution in [0.2, 0.25) is 0 Å². The molecule has 2 aromatic carbocycles. The predicted molar refractivity (Wildman–Crippen MR) is 147 cm³/mol. The lowest BCUT2D eigenvalue weighted by molar-refractivity contribution is 0.0696. The molecule has 0 atom stereocenters. The van der Waals surface area contributed by atoms with E-state index in [0.29, 0.717) is 17.6 Å². The third-order valence-electron chi connectivity index (χ3n) is 7.34. The van der Waals surface area contributed by atoms with Crippen LogP contribution in [-0.4, -0.2) is 41.4 Å². The predicted octanol–water partition coefficient (Wildman–Crippen LogP) is 6.45. The number of methoxy groups -OCH3 is 1. The summed E-state index contributed by atoms with van der Waals surface area (Å²) in [4.78, 5) is 18.4. The summed E-state index contributed by atoms with van der Waals surface area (Å²) in [7, 11) is 1.53. The zero-order valence-electron chi connectivity index (χ0n) is 21.4. The monoisotopic (exact) mass is 507 g/mol. The van der Waals surface area contributed by atoms with Crippen LogP contribution in [0.3, 0.4) is 0 Å². The SMILES string of the molecule is COc1cc(C(=O)O)cc(-c2ccc(N3CC(/C=C/c4c(-c5ccccc5C)noc4C4CC4)C3)nc2)c1. The fraction of sp³-hybridized carbons (Fsp3) is 0.258. The van der Waals surface area contributed by atoms with E-state index in [0.717, 1.165) is 65.5 Å². The first-order chi connectivity index (χ1) is 18.5. The molecule has 2 fully saturated rings. The molecule has 0 bridgehead atoms. The van der Waals surface area contributed by atoms with E-state index in [9.17, 15) is 9.90 Å². The molecule has 38 heavy (non-hydrogen) atoms. The average molecular weight is 508 g/mol. The zero-order valence-corrected chi connectivity index (χ0v) is 21.4. The molecule has 0 radical (unpaired) electrons. The second-order valence-electron chi connectivity index (χ2n) is 10.1. The second-order valence-corrected chi connectivity index (χ2v) is 10.1. The first kappa shape index (κ1) is 24.0. The highest BCUT2D eigenvalue weighted by Gasteiger charge is 2.32. The molecule has 1 N–H and O–H groups in total. The van der Waals surface area contributed by atoms with Crippen molar-refractivity contribution in [1.29, 1.82) is 0 Å². The van der Waals surface area contributed by atoms with Gasteiger partial charge in [-0.1, -0.05) is 41.6 Å². The fourth-order valence-corrected chi connectivity index (χ4v) is 4.95. The molecule has 1 aliphatic carbocycles. The summed E-state index contributed by atoms with van der Waals surface area (Å²) < 4.78 is 11.1. The first-order valence-electron chi connectivity index (χ1n) is 12.9. The Bertz CT molecular complexity index is 1510. The maximum absolute atomic E-state index is 11.5. The van der Waals surface area contributed by atoms with Crippen molar-refractivity contribution < 1.29 is 19.2 Å². The van der Waals surface area contributed by atoms with Crippen molar-refractivity contribution in [2.24, 2.45) is 5.92 Å². The van der Waals surface area contributed by atoms with E-state index in [-0.39, 0.29) is 5.56 Å². The molecule has 3 heterocycles. The molecule has 1 aliphatic heterocycles. The number of pyridine rings is 1. The molecule has 0 amide bonds. The third-order valence-corrected chi connectivity index (χ3v) is 7.34. The zero-order chi connectivity index (χ0) is 26.2. The lowest BCUT2D eigenvalue weighted by atomic mass is 9.95. The topological polar surface area (TPSA) is 88.7 Å². The summed E-state index contributed by atoms with van der Waals surface area (Å²) >= 11 is 0. The van der Waals surface area contributed by atoms with Crippen molar-refractivity contribution in [3.63, 3.8) is 0 Å². The third kappa shape index (κ3) is 4.67. The van der Waals surface area contributed by atoms with Crippen molar-refractivity contribution in [1.82, 2.24) is 10.1 Å². The van der Waals surface area contributed by atoms with Crippen molar-refractivity contribution in [3.8, 4) is 28.1 Å². The highest BCUT2D eigenvalue weighted by molar-refractivity contribution is 5.90. The van der Waals surface area contributed by atoms with E-state index in [1.54, 1.807) is 12.3 Å². The van der Waals surface area contributed by atoms with Crippen LogP contribution in [0.5, 0.6) is 5.75 Å². The van der Waals surface area contributed by atoms with Crippen LogP contribution in [0.4, 0.5) is 5.82 Å². The van der Waals surface area contributed by atoms with E-state index in [1.807, 2.05) is 30.3 Å². The summed E-state index contributed by atoms with van der Waals surface area (Å²) in [5.41, 5.74) is 6.14. The van der Waals surface area contributed by atoms with Gasteiger partial charge in [0, 0.05) is 47.8 Å². The fourth-order valence-electron chi connectivity index (χ4n) is 4.95. The normalized spacial score (nSPS) is 15.6. The molecule has 1 saturated carbocycles. The van der Waals surface area contributed by atoms with Gasteiger partial charge in [0.2, 0.25) is 0 Å². The number of aromatic nitrogens is 2. The smallest absolute Gasteiger partial charge is 0.335 e. The number of hydrogen-bond acceptors (Lipinski definition) is 6. The summed E-state index contributed by atoms with van der Waals surface area (Å²) in [6, 6.07) is 17.2. The number of rotatable bonds is 8. The molecule has 0 unspecified atom stereocenters. The van der Waals surface area contributed by atoms with Crippen LogP contribution in [0, 0.1) is 12.8 Å². The van der Waals surface area contributed by atoms with Crippen molar-refractivity contribution in [2.45, 2.75) is 25.7 Å². The van der Waals surface area contributed by atoms with E-state index in [2.05, 4.69) is 46.2 Å². The molecule has 7 nitrogen and oxygen atoms in total. The van der Waals surface area contributed by atoms with Crippen LogP contribution in [0.15, 0.2) is 71.4 Å². The lowest BCUT2D eigenvalue weighted by Gasteiger charge is -2.38. The van der Waals surface area contributed by atoms with Crippen molar-refractivity contribution in [3.05, 3.63) is 89.3 Å². The second kappa shape index (κ2) is 9.82. The Morgan fingerprint density at radius 1 is 1.11 bits per heavy atom. The molecule has 4 aromatic rings. The number of anilines is 1. The van der Waals surface area contributed by atoms with E-state index in [4.69, 9.17) is 9.26 Å². The summed E-state index contributed by atoms with van der Waals surface area (Å²) in [6.07, 6.45) is 8.58. The Morgan fingerprint density at radius 3 is 2.61 bits per heavy atom. The molecule has 0 spiro atoms. The summed E-state index contributed by atoms with van der Waals surface area (Å²) in [6.45, 7) is 3.87. The highest BCUT2D eigenvalue weighted by Crippen LogP contribution is 2.45. The van der Waals surface area contributed by atoms with Gasteiger partial charge in [-0.2, -0.15) is 0 Å². The van der Waals surface area contributed by atoms with Gasteiger partial charge in [-0.3, -0.25) is 0 Å². The Hall–Kier alpha value is -4.39. The minimum Gasteiger partial charge on any atom is -0.497 e. The Kier molecular flexibility index (Phi) is 6.19. The Balaban J connectivity index is 1.15. The molecule has 7 heteroatoms. The van der Waals surface area contributed by atoms with Gasteiger partial charge < -0.3 is 19.3 Å². The standard InChI is InChI=1S/C31H29N3O4/c1-19-5-3-4-6-26(19)29-27(30(38-33-29)21-8-9-21)11-7-20-17-34(18-20)28-12-10-22(16-32-28)23-13-24(31(35)36)15-25(14-23)37-2/h3-7,10-16,20-21H,8-9,17-18H2,1-2H3,(H,35,36)/b11-7+. The van der Waals surface area contributed by atoms with Gasteiger partial charge in [-0.05, 0) is 61.2 Å². The molecule has 192 valence electrons. The first-order valence-corrected chi connectivity index (χ1v) is 12.9. The largest absolute Gasteiger partial charge is 0.497 e. The van der Waals surface area contributed by atoms with Gasteiger partial charge in [0.15, 0.2) is 0 Å². The number of benzene rings is 2. The quantitative estimate of drug-likeness (QED) is 0.293. The van der Waals surface area contributed by atoms with Crippen LogP contribution in [0.1, 0.15) is 46.0 Å². The van der Waals surface area contributed by atoms with Crippen LogP contribution >= 0.6 is 0 Å². The maximum Gasteiger partial charge on any atom is 0.335 e. The van der Waals surface area contributed by atoms with E-state index in [1.165, 1.54) is 18.7 Å². The van der Waals surface area contributed by atoms with Crippen molar-refractivity contribution >= 4 is 17.9 Å². The number of carbonyl (C=O) groups is 1. The average Bonchev–Trinajstić information content (AvgIpc) is 3.67. The van der Waals surface area contributed by atoms with Crippen LogP contribution < -0.4 is 9.64 Å². The van der Waals surface area contributed by atoms with Crippen molar-refractivity contribution in [2.75, 3.05) is 25.1 Å². The number of nitrogens with zero attached hydrogens (tertiary/aromatic N) is 3. The molecular formula is C31H29N3O4. The number of hydrogen-bond donors (Lipinski definition) is 1. The number of aryl methyl sites for hydroxylation is 1. The Labute approximate surface area is 221 Å². The highest BCUT2D eigenvalue weighted by atomic mass is 16.5.